The van der Waals surface area contributed by atoms with Crippen LogP contribution in [0.2, 0.25) is 0 Å². The normalized spacial score (nSPS) is 29.7. The third-order valence-electron chi connectivity index (χ3n) is 4.88. The molecule has 0 unspecified atom stereocenters. The second-order valence-electron chi connectivity index (χ2n) is 6.75. The summed E-state index contributed by atoms with van der Waals surface area (Å²) in [5, 5.41) is 5.12. The number of carbonyl (C=O) groups is 2. The van der Waals surface area contributed by atoms with Crippen LogP contribution in [0.1, 0.15) is 46.0 Å². The van der Waals surface area contributed by atoms with Crippen molar-refractivity contribution in [3.05, 3.63) is 0 Å². The van der Waals surface area contributed by atoms with Gasteiger partial charge in [-0.2, -0.15) is 0 Å². The minimum atomic E-state index is -0.443. The molecule has 2 aliphatic rings. The molecule has 2 fully saturated rings. The minimum absolute atomic E-state index is 0.119. The van der Waals surface area contributed by atoms with Crippen molar-refractivity contribution in [2.24, 2.45) is 5.92 Å². The Hall–Kier alpha value is -1.14. The zero-order chi connectivity index (χ0) is 16.1. The van der Waals surface area contributed by atoms with Gasteiger partial charge in [-0.3, -0.25) is 15.0 Å². The highest BCUT2D eigenvalue weighted by molar-refractivity contribution is 5.95. The van der Waals surface area contributed by atoms with Gasteiger partial charge >= 0.3 is 6.03 Å². The first kappa shape index (κ1) is 17.2. The first-order chi connectivity index (χ1) is 10.5. The molecule has 126 valence electrons. The Morgan fingerprint density at radius 1 is 1.32 bits per heavy atom. The number of carbonyl (C=O) groups excluding carboxylic acids is 2. The van der Waals surface area contributed by atoms with Gasteiger partial charge in [-0.1, -0.05) is 12.8 Å². The first-order valence-electron chi connectivity index (χ1n) is 8.36. The predicted octanol–water partition coefficient (Wildman–Crippen LogP) is 1.50. The van der Waals surface area contributed by atoms with Crippen LogP contribution in [-0.2, 0) is 9.53 Å². The maximum absolute atomic E-state index is 12.1. The van der Waals surface area contributed by atoms with Gasteiger partial charge in [-0.25, -0.2) is 4.79 Å². The number of hydrogen-bond donors (Lipinski definition) is 2. The quantitative estimate of drug-likeness (QED) is 0.807. The lowest BCUT2D eigenvalue weighted by Crippen LogP contribution is -2.50. The van der Waals surface area contributed by atoms with Crippen molar-refractivity contribution in [2.75, 3.05) is 20.3 Å². The molecule has 0 radical (unpaired) electrons. The number of likely N-dealkylation sites (tertiary alicyclic amines) is 1. The molecule has 6 nitrogen and oxygen atoms in total. The van der Waals surface area contributed by atoms with Crippen molar-refractivity contribution in [1.82, 2.24) is 15.5 Å². The van der Waals surface area contributed by atoms with E-state index in [9.17, 15) is 9.59 Å². The van der Waals surface area contributed by atoms with E-state index in [2.05, 4.69) is 22.5 Å². The Labute approximate surface area is 132 Å². The van der Waals surface area contributed by atoms with Crippen LogP contribution in [0.4, 0.5) is 4.79 Å². The minimum Gasteiger partial charge on any atom is -0.383 e. The molecule has 2 rings (SSSR count). The van der Waals surface area contributed by atoms with Gasteiger partial charge in [0.05, 0.1) is 19.2 Å². The van der Waals surface area contributed by atoms with Crippen molar-refractivity contribution in [2.45, 2.75) is 64.1 Å². The number of imide groups is 1. The highest BCUT2D eigenvalue weighted by atomic mass is 16.5. The Morgan fingerprint density at radius 2 is 2.05 bits per heavy atom. The van der Waals surface area contributed by atoms with Gasteiger partial charge in [-0.15, -0.1) is 0 Å². The predicted molar refractivity (Wildman–Crippen MR) is 84.5 cm³/mol. The number of nitrogens with one attached hydrogen (secondary N) is 2. The van der Waals surface area contributed by atoms with Crippen molar-refractivity contribution in [3.63, 3.8) is 0 Å². The summed E-state index contributed by atoms with van der Waals surface area (Å²) in [6, 6.07) is 0.382. The average molecular weight is 311 g/mol. The van der Waals surface area contributed by atoms with Crippen LogP contribution in [0, 0.1) is 5.92 Å². The van der Waals surface area contributed by atoms with Crippen LogP contribution in [0.15, 0.2) is 0 Å². The second-order valence-corrected chi connectivity index (χ2v) is 6.75. The summed E-state index contributed by atoms with van der Waals surface area (Å²) in [7, 11) is 1.58. The molecule has 1 saturated carbocycles. The molecule has 0 bridgehead atoms. The maximum atomic E-state index is 12.1. The second kappa shape index (κ2) is 7.92. The van der Waals surface area contributed by atoms with E-state index in [0.29, 0.717) is 25.2 Å². The van der Waals surface area contributed by atoms with E-state index >= 15 is 0 Å². The van der Waals surface area contributed by atoms with E-state index in [0.717, 1.165) is 5.92 Å². The van der Waals surface area contributed by atoms with Crippen LogP contribution in [0.3, 0.4) is 0 Å². The summed E-state index contributed by atoms with van der Waals surface area (Å²) >= 11 is 0. The fraction of sp³-hybridized carbons (Fsp3) is 0.875. The summed E-state index contributed by atoms with van der Waals surface area (Å²) in [6.07, 6.45) is 6.20. The van der Waals surface area contributed by atoms with Crippen molar-refractivity contribution >= 4 is 11.9 Å². The van der Waals surface area contributed by atoms with E-state index in [4.69, 9.17) is 4.74 Å². The molecule has 1 aliphatic carbocycles. The molecule has 1 aliphatic heterocycles. The summed E-state index contributed by atoms with van der Waals surface area (Å²) in [5.41, 5.74) is 0. The lowest BCUT2D eigenvalue weighted by atomic mass is 9.85. The Morgan fingerprint density at radius 3 is 2.77 bits per heavy atom. The van der Waals surface area contributed by atoms with Crippen LogP contribution in [-0.4, -0.2) is 55.2 Å². The molecule has 0 aromatic carbocycles. The highest BCUT2D eigenvalue weighted by Gasteiger charge is 2.40. The van der Waals surface area contributed by atoms with Crippen LogP contribution < -0.4 is 10.6 Å². The molecule has 22 heavy (non-hydrogen) atoms. The Bertz CT molecular complexity index is 402. The third kappa shape index (κ3) is 4.43. The van der Waals surface area contributed by atoms with E-state index < -0.39 is 6.03 Å². The highest BCUT2D eigenvalue weighted by Crippen LogP contribution is 2.39. The van der Waals surface area contributed by atoms with Gasteiger partial charge in [0.25, 0.3) is 0 Å². The first-order valence-corrected chi connectivity index (χ1v) is 8.36. The summed E-state index contributed by atoms with van der Waals surface area (Å²) in [5.74, 6) is 0.507. The molecule has 6 heteroatoms. The molecule has 4 atom stereocenters. The average Bonchev–Trinajstić information content (AvgIpc) is 2.75. The van der Waals surface area contributed by atoms with Crippen molar-refractivity contribution < 1.29 is 14.3 Å². The number of ether oxygens (including phenoxy) is 1. The van der Waals surface area contributed by atoms with Gasteiger partial charge in [0.15, 0.2) is 0 Å². The lowest BCUT2D eigenvalue weighted by molar-refractivity contribution is -0.122. The van der Waals surface area contributed by atoms with Crippen LogP contribution >= 0.6 is 0 Å². The molecule has 2 N–H and O–H groups in total. The standard InChI is InChI=1S/C16H29N3O3/c1-11(10-22-3)17-16(21)18-15(20)9-19-12(2)8-13-6-4-5-7-14(13)19/h11-14H,4-10H2,1-3H3,(H2,17,18,20,21)/t11-,12+,13+,14+/m0/s1. The molecule has 0 spiro atoms. The van der Waals surface area contributed by atoms with Gasteiger partial charge in [-0.05, 0) is 39.0 Å². The molecular weight excluding hydrogens is 282 g/mol. The summed E-state index contributed by atoms with van der Waals surface area (Å²) < 4.78 is 4.95. The van der Waals surface area contributed by atoms with Gasteiger partial charge in [0.1, 0.15) is 0 Å². The number of amides is 3. The van der Waals surface area contributed by atoms with Crippen LogP contribution in [0.5, 0.6) is 0 Å². The smallest absolute Gasteiger partial charge is 0.321 e. The molecule has 0 aromatic rings. The van der Waals surface area contributed by atoms with Gasteiger partial charge in [0.2, 0.25) is 5.91 Å². The summed E-state index contributed by atoms with van der Waals surface area (Å²) in [6.45, 7) is 4.76. The molecule has 3 amide bonds. The number of methoxy groups -OCH3 is 1. The SMILES string of the molecule is COC[C@H](C)NC(=O)NC(=O)CN1[C@H](C)C[C@H]2CCCC[C@H]21. The Kier molecular flexibility index (Phi) is 6.20. The molecule has 0 aromatic heterocycles. The number of fused-ring (bicyclic) bond motifs is 1. The van der Waals surface area contributed by atoms with Gasteiger partial charge in [0, 0.05) is 19.2 Å². The van der Waals surface area contributed by atoms with Crippen molar-refractivity contribution in [3.8, 4) is 0 Å². The zero-order valence-electron chi connectivity index (χ0n) is 13.9. The van der Waals surface area contributed by atoms with E-state index in [1.165, 1.54) is 32.1 Å². The fourth-order valence-electron chi connectivity index (χ4n) is 3.96. The molecule has 1 saturated heterocycles. The van der Waals surface area contributed by atoms with Crippen LogP contribution in [0.25, 0.3) is 0 Å². The monoisotopic (exact) mass is 311 g/mol. The lowest BCUT2D eigenvalue weighted by Gasteiger charge is -2.32. The number of urea groups is 1. The van der Waals surface area contributed by atoms with E-state index in [1.807, 2.05) is 6.92 Å². The van der Waals surface area contributed by atoms with Gasteiger partial charge < -0.3 is 10.1 Å². The zero-order valence-corrected chi connectivity index (χ0v) is 13.9. The van der Waals surface area contributed by atoms with E-state index in [1.54, 1.807) is 7.11 Å². The maximum Gasteiger partial charge on any atom is 0.321 e. The Balaban J connectivity index is 1.80. The summed E-state index contributed by atoms with van der Waals surface area (Å²) in [4.78, 5) is 26.2. The molecule has 1 heterocycles. The van der Waals surface area contributed by atoms with E-state index in [-0.39, 0.29) is 11.9 Å². The largest absolute Gasteiger partial charge is 0.383 e. The topological polar surface area (TPSA) is 70.7 Å². The number of rotatable bonds is 5. The van der Waals surface area contributed by atoms with Crippen molar-refractivity contribution in [1.29, 1.82) is 0 Å². The fourth-order valence-corrected chi connectivity index (χ4v) is 3.96. The molecular formula is C16H29N3O3. The number of nitrogens with zero attached hydrogens (tertiary/aromatic N) is 1. The third-order valence-corrected chi connectivity index (χ3v) is 4.88. The number of hydrogen-bond acceptors (Lipinski definition) is 4.